The third kappa shape index (κ3) is 1.24. The largest absolute Gasteiger partial charge is 0.464 e. The molecule has 0 fully saturated rings. The molecule has 66 valence electrons. The fourth-order valence-corrected chi connectivity index (χ4v) is 1.07. The number of methoxy groups -OCH3 is 1. The van der Waals surface area contributed by atoms with Crippen molar-refractivity contribution in [3.63, 3.8) is 0 Å². The van der Waals surface area contributed by atoms with E-state index in [1.165, 1.54) is 7.11 Å². The van der Waals surface area contributed by atoms with E-state index >= 15 is 0 Å². The van der Waals surface area contributed by atoms with Crippen LogP contribution in [-0.2, 0) is 4.74 Å². The lowest BCUT2D eigenvalue weighted by Gasteiger charge is -1.91. The number of ether oxygens (including phenoxy) is 1. The molecule has 0 bridgehead atoms. The molecule has 0 aliphatic rings. The highest BCUT2D eigenvalue weighted by Crippen LogP contribution is 2.09. The number of fused-ring (bicyclic) bond motifs is 1. The number of nitrogens with zero attached hydrogens (tertiary/aromatic N) is 2. The summed E-state index contributed by atoms with van der Waals surface area (Å²) >= 11 is 0. The Balaban J connectivity index is 2.56. The Morgan fingerprint density at radius 2 is 2.23 bits per heavy atom. The summed E-state index contributed by atoms with van der Waals surface area (Å²) in [5.41, 5.74) is 1.61. The number of aromatic nitrogens is 3. The highest BCUT2D eigenvalue weighted by Gasteiger charge is 2.09. The molecule has 0 spiro atoms. The number of H-pyrrole nitrogens is 1. The lowest BCUT2D eigenvalue weighted by molar-refractivity contribution is 0.0595. The van der Waals surface area contributed by atoms with Crippen LogP contribution < -0.4 is 0 Å². The Morgan fingerprint density at radius 1 is 1.46 bits per heavy atom. The number of carbonyl (C=O) groups is 1. The quantitative estimate of drug-likeness (QED) is 0.652. The molecule has 0 saturated heterocycles. The maximum Gasteiger partial charge on any atom is 0.354 e. The maximum absolute atomic E-state index is 11.1. The second kappa shape index (κ2) is 2.85. The third-order valence-corrected chi connectivity index (χ3v) is 1.67. The average molecular weight is 177 g/mol. The van der Waals surface area contributed by atoms with E-state index in [1.54, 1.807) is 18.5 Å². The molecule has 5 heteroatoms. The summed E-state index contributed by atoms with van der Waals surface area (Å²) in [6, 6.07) is 1.61. The first kappa shape index (κ1) is 7.72. The van der Waals surface area contributed by atoms with Crippen LogP contribution in [0.5, 0.6) is 0 Å². The smallest absolute Gasteiger partial charge is 0.354 e. The lowest BCUT2D eigenvalue weighted by atomic mass is 10.4. The third-order valence-electron chi connectivity index (χ3n) is 1.67. The summed E-state index contributed by atoms with van der Waals surface area (Å²) in [6.45, 7) is 0. The first-order valence-electron chi connectivity index (χ1n) is 3.69. The molecule has 0 unspecified atom stereocenters. The van der Waals surface area contributed by atoms with Crippen molar-refractivity contribution in [2.45, 2.75) is 0 Å². The number of aromatic amines is 1. The van der Waals surface area contributed by atoms with Crippen molar-refractivity contribution in [1.82, 2.24) is 15.0 Å². The first-order chi connectivity index (χ1) is 6.31. The number of rotatable bonds is 1. The standard InChI is InChI=1S/C8H7N3O2/c1-13-8(12)6-4-5-7(11-6)10-3-2-9-5/h2-4H,1H3,(H,10,11). The zero-order valence-corrected chi connectivity index (χ0v) is 6.94. The van der Waals surface area contributed by atoms with Crippen LogP contribution in [-0.4, -0.2) is 28.0 Å². The molecule has 0 radical (unpaired) electrons. The van der Waals surface area contributed by atoms with Gasteiger partial charge in [0.05, 0.1) is 7.11 Å². The van der Waals surface area contributed by atoms with Crippen LogP contribution in [0.1, 0.15) is 10.5 Å². The Labute approximate surface area is 73.8 Å². The monoisotopic (exact) mass is 177 g/mol. The summed E-state index contributed by atoms with van der Waals surface area (Å²) in [4.78, 5) is 21.9. The van der Waals surface area contributed by atoms with Crippen LogP contribution in [0.4, 0.5) is 0 Å². The maximum atomic E-state index is 11.1. The molecule has 2 aromatic rings. The summed E-state index contributed by atoms with van der Waals surface area (Å²) in [5.74, 6) is -0.417. The van der Waals surface area contributed by atoms with Crippen molar-refractivity contribution in [3.05, 3.63) is 24.2 Å². The molecule has 13 heavy (non-hydrogen) atoms. The van der Waals surface area contributed by atoms with Gasteiger partial charge in [0.25, 0.3) is 0 Å². The van der Waals surface area contributed by atoms with Gasteiger partial charge in [-0.1, -0.05) is 0 Å². The highest BCUT2D eigenvalue weighted by molar-refractivity contribution is 5.92. The van der Waals surface area contributed by atoms with Crippen molar-refractivity contribution in [1.29, 1.82) is 0 Å². The van der Waals surface area contributed by atoms with E-state index in [2.05, 4.69) is 19.7 Å². The van der Waals surface area contributed by atoms with Gasteiger partial charge in [-0.2, -0.15) is 0 Å². The van der Waals surface area contributed by atoms with Crippen LogP contribution >= 0.6 is 0 Å². The zero-order valence-electron chi connectivity index (χ0n) is 6.94. The zero-order chi connectivity index (χ0) is 9.26. The second-order valence-corrected chi connectivity index (χ2v) is 2.46. The lowest BCUT2D eigenvalue weighted by Crippen LogP contribution is -2.00. The fourth-order valence-electron chi connectivity index (χ4n) is 1.07. The summed E-state index contributed by atoms with van der Waals surface area (Å²) in [5, 5.41) is 0. The number of hydrogen-bond donors (Lipinski definition) is 1. The molecule has 1 N–H and O–H groups in total. The minimum Gasteiger partial charge on any atom is -0.464 e. The molecule has 2 rings (SSSR count). The van der Waals surface area contributed by atoms with Gasteiger partial charge in [0.15, 0.2) is 5.65 Å². The van der Waals surface area contributed by atoms with Crippen molar-refractivity contribution >= 4 is 17.1 Å². The number of nitrogens with one attached hydrogen (secondary N) is 1. The Kier molecular flexibility index (Phi) is 1.70. The average Bonchev–Trinajstić information content (AvgIpc) is 2.59. The van der Waals surface area contributed by atoms with Gasteiger partial charge in [-0.25, -0.2) is 9.78 Å². The van der Waals surface area contributed by atoms with E-state index in [4.69, 9.17) is 0 Å². The van der Waals surface area contributed by atoms with Crippen LogP contribution in [0, 0.1) is 0 Å². The van der Waals surface area contributed by atoms with Gasteiger partial charge in [0.1, 0.15) is 11.2 Å². The molecule has 2 aromatic heterocycles. The van der Waals surface area contributed by atoms with Gasteiger partial charge < -0.3 is 9.72 Å². The molecule has 5 nitrogen and oxygen atoms in total. The molecule has 0 saturated carbocycles. The molecule has 0 aliphatic heterocycles. The van der Waals surface area contributed by atoms with Crippen LogP contribution in [0.2, 0.25) is 0 Å². The minimum absolute atomic E-state index is 0.365. The van der Waals surface area contributed by atoms with Crippen LogP contribution in [0.3, 0.4) is 0 Å². The normalized spacial score (nSPS) is 10.2. The molecule has 0 aromatic carbocycles. The predicted molar refractivity (Wildman–Crippen MR) is 45.2 cm³/mol. The molecule has 0 aliphatic carbocycles. The van der Waals surface area contributed by atoms with Crippen molar-refractivity contribution in [3.8, 4) is 0 Å². The molecule has 0 atom stereocenters. The van der Waals surface area contributed by atoms with E-state index in [1.807, 2.05) is 0 Å². The predicted octanol–water partition coefficient (Wildman–Crippen LogP) is 0.744. The van der Waals surface area contributed by atoms with Gasteiger partial charge in [0.2, 0.25) is 0 Å². The number of esters is 1. The van der Waals surface area contributed by atoms with E-state index in [-0.39, 0.29) is 0 Å². The fraction of sp³-hybridized carbons (Fsp3) is 0.125. The SMILES string of the molecule is COC(=O)c1cc2nccnc2[nH]1. The van der Waals surface area contributed by atoms with E-state index in [0.29, 0.717) is 16.9 Å². The second-order valence-electron chi connectivity index (χ2n) is 2.46. The van der Waals surface area contributed by atoms with Gasteiger partial charge in [-0.15, -0.1) is 0 Å². The van der Waals surface area contributed by atoms with Crippen molar-refractivity contribution in [2.24, 2.45) is 0 Å². The first-order valence-corrected chi connectivity index (χ1v) is 3.69. The highest BCUT2D eigenvalue weighted by atomic mass is 16.5. The molecular weight excluding hydrogens is 170 g/mol. The van der Waals surface area contributed by atoms with E-state index in [0.717, 1.165) is 0 Å². The summed E-state index contributed by atoms with van der Waals surface area (Å²) in [7, 11) is 1.33. The Morgan fingerprint density at radius 3 is 2.92 bits per heavy atom. The van der Waals surface area contributed by atoms with Gasteiger partial charge in [-0.05, 0) is 6.07 Å². The van der Waals surface area contributed by atoms with E-state index in [9.17, 15) is 4.79 Å². The van der Waals surface area contributed by atoms with Crippen LogP contribution in [0.15, 0.2) is 18.5 Å². The molecule has 0 amide bonds. The number of carbonyl (C=O) groups excluding carboxylic acids is 1. The number of hydrogen-bond acceptors (Lipinski definition) is 4. The topological polar surface area (TPSA) is 67.9 Å². The van der Waals surface area contributed by atoms with Gasteiger partial charge in [-0.3, -0.25) is 4.98 Å². The van der Waals surface area contributed by atoms with Crippen LogP contribution in [0.25, 0.3) is 11.2 Å². The Hall–Kier alpha value is -1.91. The molecule has 2 heterocycles. The van der Waals surface area contributed by atoms with Gasteiger partial charge >= 0.3 is 5.97 Å². The molecular formula is C8H7N3O2. The van der Waals surface area contributed by atoms with Crippen molar-refractivity contribution in [2.75, 3.05) is 7.11 Å². The van der Waals surface area contributed by atoms with Gasteiger partial charge in [0, 0.05) is 12.4 Å². The Bertz CT molecular complexity index is 416. The van der Waals surface area contributed by atoms with E-state index < -0.39 is 5.97 Å². The minimum atomic E-state index is -0.417. The van der Waals surface area contributed by atoms with Crippen molar-refractivity contribution < 1.29 is 9.53 Å². The summed E-state index contributed by atoms with van der Waals surface area (Å²) in [6.07, 6.45) is 3.12. The summed E-state index contributed by atoms with van der Waals surface area (Å²) < 4.78 is 4.54.